The van der Waals surface area contributed by atoms with E-state index in [0.29, 0.717) is 12.0 Å². The van der Waals surface area contributed by atoms with E-state index >= 15 is 0 Å². The molecule has 31 heavy (non-hydrogen) atoms. The Morgan fingerprint density at radius 2 is 1.90 bits per heavy atom. The molecule has 0 spiro atoms. The molecule has 0 amide bonds. The van der Waals surface area contributed by atoms with Crippen molar-refractivity contribution >= 4 is 17.0 Å². The Hall–Kier alpha value is -2.67. The molecule has 2 aromatic carbocycles. The summed E-state index contributed by atoms with van der Waals surface area (Å²) in [6.07, 6.45) is 2.38. The fraction of sp³-hybridized carbons (Fsp3) is 0.375. The van der Waals surface area contributed by atoms with Gasteiger partial charge in [0.05, 0.1) is 15.6 Å². The molecular formula is C24H24F2N2O2S. The van der Waals surface area contributed by atoms with Gasteiger partial charge in [-0.15, -0.1) is 11.3 Å². The van der Waals surface area contributed by atoms with E-state index in [9.17, 15) is 18.9 Å². The van der Waals surface area contributed by atoms with Crippen LogP contribution in [0.1, 0.15) is 52.1 Å². The number of thiazole rings is 1. The second kappa shape index (κ2) is 9.22. The molecule has 0 saturated carbocycles. The lowest BCUT2D eigenvalue weighted by atomic mass is 9.90. The molecule has 0 bridgehead atoms. The van der Waals surface area contributed by atoms with E-state index in [1.807, 2.05) is 12.3 Å². The highest BCUT2D eigenvalue weighted by molar-refractivity contribution is 7.10. The minimum Gasteiger partial charge on any atom is -0.258 e. The average Bonchev–Trinajstić information content (AvgIpc) is 3.22. The smallest absolute Gasteiger partial charge is 0.258 e. The molecule has 1 heterocycles. The molecule has 162 valence electrons. The number of nitrogens with zero attached hydrogens (tertiary/aromatic N) is 2. The van der Waals surface area contributed by atoms with E-state index in [1.165, 1.54) is 30.0 Å². The molecule has 0 unspecified atom stereocenters. The number of benzene rings is 2. The summed E-state index contributed by atoms with van der Waals surface area (Å²) in [5, 5.41) is 14.3. The largest absolute Gasteiger partial charge is 0.272 e. The number of hydrogen-bond donors (Lipinski definition) is 0. The monoisotopic (exact) mass is 442 g/mol. The molecule has 4 rings (SSSR count). The van der Waals surface area contributed by atoms with Gasteiger partial charge in [-0.2, -0.15) is 0 Å². The van der Waals surface area contributed by atoms with E-state index in [0.717, 1.165) is 40.2 Å². The number of hydrogen-bond acceptors (Lipinski definition) is 4. The highest BCUT2D eigenvalue weighted by atomic mass is 32.1. The van der Waals surface area contributed by atoms with Crippen LogP contribution in [0.5, 0.6) is 0 Å². The van der Waals surface area contributed by atoms with Gasteiger partial charge in [-0.25, -0.2) is 13.8 Å². The lowest BCUT2D eigenvalue weighted by Crippen LogP contribution is -2.03. The minimum absolute atomic E-state index is 0.0144. The van der Waals surface area contributed by atoms with Gasteiger partial charge in [0.1, 0.15) is 0 Å². The predicted octanol–water partition coefficient (Wildman–Crippen LogP) is 6.69. The first-order chi connectivity index (χ1) is 14.9. The summed E-state index contributed by atoms with van der Waals surface area (Å²) in [6, 6.07) is 9.78. The molecule has 1 aliphatic rings. The van der Waals surface area contributed by atoms with Gasteiger partial charge >= 0.3 is 0 Å². The Bertz CT molecular complexity index is 1110. The first-order valence-electron chi connectivity index (χ1n) is 10.5. The van der Waals surface area contributed by atoms with Crippen LogP contribution in [0.3, 0.4) is 0 Å². The number of aromatic nitrogens is 1. The summed E-state index contributed by atoms with van der Waals surface area (Å²) in [6.45, 7) is 1.82. The lowest BCUT2D eigenvalue weighted by Gasteiger charge is -2.16. The van der Waals surface area contributed by atoms with E-state index in [2.05, 4.69) is 18.2 Å². The summed E-state index contributed by atoms with van der Waals surface area (Å²) in [5.74, 6) is 0. The molecule has 7 heteroatoms. The number of aryl methyl sites for hydroxylation is 4. The van der Waals surface area contributed by atoms with Crippen molar-refractivity contribution in [3.05, 3.63) is 78.7 Å². The van der Waals surface area contributed by atoms with Gasteiger partial charge in [0.2, 0.25) is 6.43 Å². The summed E-state index contributed by atoms with van der Waals surface area (Å²) in [5.41, 5.74) is 6.83. The Morgan fingerprint density at radius 3 is 2.65 bits per heavy atom. The fourth-order valence-corrected chi connectivity index (χ4v) is 5.02. The van der Waals surface area contributed by atoms with E-state index in [4.69, 9.17) is 4.98 Å². The topological polar surface area (TPSA) is 56.0 Å². The average molecular weight is 443 g/mol. The van der Waals surface area contributed by atoms with Crippen molar-refractivity contribution in [3.63, 3.8) is 0 Å². The van der Waals surface area contributed by atoms with Crippen LogP contribution < -0.4 is 0 Å². The highest BCUT2D eigenvalue weighted by Gasteiger charge is 2.19. The van der Waals surface area contributed by atoms with Crippen molar-refractivity contribution in [1.29, 1.82) is 0 Å². The third kappa shape index (κ3) is 4.98. The molecule has 0 saturated heterocycles. The first-order valence-corrected chi connectivity index (χ1v) is 11.4. The number of rotatable bonds is 7. The minimum atomic E-state index is -2.48. The second-order valence-corrected chi connectivity index (χ2v) is 9.03. The van der Waals surface area contributed by atoms with Gasteiger partial charge in [-0.3, -0.25) is 10.1 Å². The molecule has 1 aromatic heterocycles. The Balaban J connectivity index is 1.58. The summed E-state index contributed by atoms with van der Waals surface area (Å²) >= 11 is 1.55. The Labute approximate surface area is 184 Å². The van der Waals surface area contributed by atoms with Gasteiger partial charge < -0.3 is 0 Å². The van der Waals surface area contributed by atoms with Crippen molar-refractivity contribution in [2.75, 3.05) is 0 Å². The fourth-order valence-electron chi connectivity index (χ4n) is 4.19. The van der Waals surface area contributed by atoms with Crippen molar-refractivity contribution in [1.82, 2.24) is 4.98 Å². The van der Waals surface area contributed by atoms with Crippen LogP contribution in [0, 0.1) is 17.0 Å². The normalized spacial score (nSPS) is 13.4. The number of fused-ring (bicyclic) bond motifs is 1. The van der Waals surface area contributed by atoms with Gasteiger partial charge in [0.15, 0.2) is 0 Å². The number of nitro groups is 1. The standard InChI is InChI=1S/C24H24F2N2O2S/c1-15-10-22(28(29)30)19(8-9-23(25)26)12-20(15)13-24-27-21(14-31-24)18-7-6-16-4-2-3-5-17(16)11-18/h6-7,10-12,14,23H,2-5,8-9,13H2,1H3. The van der Waals surface area contributed by atoms with Crippen LogP contribution in [-0.4, -0.2) is 16.3 Å². The van der Waals surface area contributed by atoms with E-state index in [-0.39, 0.29) is 18.5 Å². The zero-order valence-electron chi connectivity index (χ0n) is 17.4. The van der Waals surface area contributed by atoms with Gasteiger partial charge in [0, 0.05) is 35.4 Å². The van der Waals surface area contributed by atoms with Crippen LogP contribution >= 0.6 is 11.3 Å². The first kappa shape index (κ1) is 21.6. The van der Waals surface area contributed by atoms with Crippen molar-refractivity contribution in [2.24, 2.45) is 0 Å². The third-order valence-corrected chi connectivity index (χ3v) is 6.75. The van der Waals surface area contributed by atoms with Crippen molar-refractivity contribution < 1.29 is 13.7 Å². The zero-order chi connectivity index (χ0) is 22.0. The lowest BCUT2D eigenvalue weighted by molar-refractivity contribution is -0.385. The zero-order valence-corrected chi connectivity index (χ0v) is 18.2. The molecule has 0 N–H and O–H groups in total. The summed E-state index contributed by atoms with van der Waals surface area (Å²) in [4.78, 5) is 15.7. The number of nitro benzene ring substituents is 1. The van der Waals surface area contributed by atoms with Crippen LogP contribution in [-0.2, 0) is 25.7 Å². The van der Waals surface area contributed by atoms with Crippen LogP contribution in [0.2, 0.25) is 0 Å². The molecule has 4 nitrogen and oxygen atoms in total. The van der Waals surface area contributed by atoms with Gasteiger partial charge in [-0.05, 0) is 73.4 Å². The maximum Gasteiger partial charge on any atom is 0.272 e. The third-order valence-electron chi connectivity index (χ3n) is 5.90. The van der Waals surface area contributed by atoms with E-state index in [1.54, 1.807) is 17.4 Å². The number of alkyl halides is 2. The van der Waals surface area contributed by atoms with Gasteiger partial charge in [0.25, 0.3) is 5.69 Å². The Morgan fingerprint density at radius 1 is 1.13 bits per heavy atom. The molecular weight excluding hydrogens is 418 g/mol. The molecule has 3 aromatic rings. The molecule has 0 fully saturated rings. The summed E-state index contributed by atoms with van der Waals surface area (Å²) in [7, 11) is 0. The van der Waals surface area contributed by atoms with Gasteiger partial charge in [-0.1, -0.05) is 12.1 Å². The second-order valence-electron chi connectivity index (χ2n) is 8.09. The van der Waals surface area contributed by atoms with Crippen LogP contribution in [0.4, 0.5) is 14.5 Å². The molecule has 0 aliphatic heterocycles. The maximum absolute atomic E-state index is 12.7. The highest BCUT2D eigenvalue weighted by Crippen LogP contribution is 2.31. The molecule has 0 atom stereocenters. The van der Waals surface area contributed by atoms with Crippen molar-refractivity contribution in [3.8, 4) is 11.3 Å². The van der Waals surface area contributed by atoms with Crippen LogP contribution in [0.25, 0.3) is 11.3 Å². The molecule has 1 aliphatic carbocycles. The van der Waals surface area contributed by atoms with E-state index < -0.39 is 11.3 Å². The quantitative estimate of drug-likeness (QED) is 0.302. The SMILES string of the molecule is Cc1cc([N+](=O)[O-])c(CCC(F)F)cc1Cc1nc(-c2ccc3c(c2)CCCC3)cs1. The predicted molar refractivity (Wildman–Crippen MR) is 119 cm³/mol. The van der Waals surface area contributed by atoms with Crippen LogP contribution in [0.15, 0.2) is 35.7 Å². The van der Waals surface area contributed by atoms with Crippen molar-refractivity contribution in [2.45, 2.75) is 58.3 Å². The summed E-state index contributed by atoms with van der Waals surface area (Å²) < 4.78 is 25.3. The Kier molecular flexibility index (Phi) is 6.41. The maximum atomic E-state index is 12.7. The molecule has 0 radical (unpaired) electrons. The number of halogens is 2.